The quantitative estimate of drug-likeness (QED) is 0.587. The van der Waals surface area contributed by atoms with Crippen molar-refractivity contribution in [2.45, 2.75) is 32.9 Å². The van der Waals surface area contributed by atoms with Crippen LogP contribution in [0, 0.1) is 13.8 Å². The Morgan fingerprint density at radius 3 is 2.31 bits per heavy atom. The topological polar surface area (TPSA) is 42.0 Å². The first-order chi connectivity index (χ1) is 13.7. The molecular weight excluding hydrogens is 397 g/mol. The van der Waals surface area contributed by atoms with E-state index >= 15 is 0 Å². The Morgan fingerprint density at radius 2 is 1.69 bits per heavy atom. The van der Waals surface area contributed by atoms with Gasteiger partial charge in [-0.1, -0.05) is 42.0 Å². The van der Waals surface area contributed by atoms with Crippen LogP contribution in [0.25, 0.3) is 11.3 Å². The molecule has 0 aliphatic rings. The third-order valence-corrected chi connectivity index (χ3v) is 5.44. The van der Waals surface area contributed by atoms with E-state index in [4.69, 9.17) is 0 Å². The van der Waals surface area contributed by atoms with Crippen molar-refractivity contribution in [1.29, 1.82) is 0 Å². The Labute approximate surface area is 171 Å². The maximum absolute atomic E-state index is 12.6. The van der Waals surface area contributed by atoms with Gasteiger partial charge in [-0.15, -0.1) is 11.3 Å². The van der Waals surface area contributed by atoms with Gasteiger partial charge in [0.25, 0.3) is 0 Å². The fourth-order valence-electron chi connectivity index (χ4n) is 2.94. The van der Waals surface area contributed by atoms with E-state index in [9.17, 15) is 18.0 Å². The van der Waals surface area contributed by atoms with Gasteiger partial charge in [0.1, 0.15) is 0 Å². The highest BCUT2D eigenvalue weighted by Gasteiger charge is 2.29. The maximum Gasteiger partial charge on any atom is 0.416 e. The summed E-state index contributed by atoms with van der Waals surface area (Å²) in [6.45, 7) is 4.29. The highest BCUT2D eigenvalue weighted by Crippen LogP contribution is 2.30. The molecule has 152 valence electrons. The zero-order chi connectivity index (χ0) is 21.0. The minimum absolute atomic E-state index is 0.131. The van der Waals surface area contributed by atoms with Crippen LogP contribution in [0.4, 0.5) is 13.2 Å². The first-order valence-electron chi connectivity index (χ1n) is 9.18. The van der Waals surface area contributed by atoms with E-state index in [-0.39, 0.29) is 12.3 Å². The van der Waals surface area contributed by atoms with Crippen LogP contribution in [0.1, 0.15) is 26.6 Å². The summed E-state index contributed by atoms with van der Waals surface area (Å²) >= 11 is 1.50. The van der Waals surface area contributed by atoms with Crippen molar-refractivity contribution in [3.8, 4) is 11.3 Å². The molecule has 3 rings (SSSR count). The third kappa shape index (κ3) is 5.67. The highest BCUT2D eigenvalue weighted by atomic mass is 32.1. The summed E-state index contributed by atoms with van der Waals surface area (Å²) in [4.78, 5) is 17.8. The molecule has 0 saturated heterocycles. The molecule has 0 fully saturated rings. The van der Waals surface area contributed by atoms with E-state index in [1.807, 2.05) is 38.1 Å². The number of aryl methyl sites for hydroxylation is 2. The van der Waals surface area contributed by atoms with Gasteiger partial charge in [0.15, 0.2) is 0 Å². The number of nitrogens with one attached hydrogen (secondary N) is 1. The smallest absolute Gasteiger partial charge is 0.355 e. The second-order valence-electron chi connectivity index (χ2n) is 6.84. The molecule has 1 heterocycles. The first kappa shape index (κ1) is 21.0. The molecule has 0 aliphatic carbocycles. The van der Waals surface area contributed by atoms with Crippen LogP contribution in [0.2, 0.25) is 0 Å². The van der Waals surface area contributed by atoms with Gasteiger partial charge in [-0.05, 0) is 38.0 Å². The zero-order valence-electron chi connectivity index (χ0n) is 16.1. The van der Waals surface area contributed by atoms with Crippen LogP contribution < -0.4 is 5.32 Å². The van der Waals surface area contributed by atoms with E-state index in [2.05, 4.69) is 10.3 Å². The number of nitrogens with zero attached hydrogens (tertiary/aromatic N) is 1. The lowest BCUT2D eigenvalue weighted by molar-refractivity contribution is -0.137. The molecule has 2 aromatic carbocycles. The van der Waals surface area contributed by atoms with Crippen molar-refractivity contribution < 1.29 is 18.0 Å². The number of carbonyl (C=O) groups excluding carboxylic acids is 1. The Balaban J connectivity index is 1.57. The van der Waals surface area contributed by atoms with Crippen LogP contribution in [0.5, 0.6) is 0 Å². The SMILES string of the molecule is Cc1ccc(-c2nc(C)sc2CC(=O)NCCc2ccc(C(F)(F)F)cc2)cc1. The van der Waals surface area contributed by atoms with Crippen LogP contribution in [-0.2, 0) is 23.8 Å². The number of thiazole rings is 1. The molecule has 0 saturated carbocycles. The van der Waals surface area contributed by atoms with Gasteiger partial charge in [-0.25, -0.2) is 4.98 Å². The molecule has 0 aliphatic heterocycles. The van der Waals surface area contributed by atoms with Crippen LogP contribution in [0.15, 0.2) is 48.5 Å². The summed E-state index contributed by atoms with van der Waals surface area (Å²) in [5, 5.41) is 3.74. The molecule has 0 atom stereocenters. The first-order valence-corrected chi connectivity index (χ1v) is 10.00. The summed E-state index contributed by atoms with van der Waals surface area (Å²) in [6.07, 6.45) is -3.65. The van der Waals surface area contributed by atoms with Gasteiger partial charge in [0, 0.05) is 17.0 Å². The number of aromatic nitrogens is 1. The van der Waals surface area contributed by atoms with E-state index < -0.39 is 11.7 Å². The standard InChI is InChI=1S/C22H21F3N2OS/c1-14-3-7-17(8-4-14)21-19(29-15(2)27-21)13-20(28)26-12-11-16-5-9-18(10-6-16)22(23,24)25/h3-10H,11-13H2,1-2H3,(H,26,28). The van der Waals surface area contributed by atoms with E-state index in [1.54, 1.807) is 0 Å². The highest BCUT2D eigenvalue weighted by molar-refractivity contribution is 7.12. The molecule has 0 unspecified atom stereocenters. The molecule has 1 aromatic heterocycles. The molecule has 1 amide bonds. The average Bonchev–Trinajstić information content (AvgIpc) is 3.02. The Morgan fingerprint density at radius 1 is 1.03 bits per heavy atom. The predicted molar refractivity (Wildman–Crippen MR) is 109 cm³/mol. The van der Waals surface area contributed by atoms with Crippen LogP contribution in [0.3, 0.4) is 0 Å². The Hall–Kier alpha value is -2.67. The zero-order valence-corrected chi connectivity index (χ0v) is 17.0. The van der Waals surface area contributed by atoms with E-state index in [0.717, 1.165) is 44.4 Å². The van der Waals surface area contributed by atoms with Gasteiger partial charge in [0.05, 0.1) is 22.7 Å². The summed E-state index contributed by atoms with van der Waals surface area (Å²) < 4.78 is 37.8. The number of hydrogen-bond acceptors (Lipinski definition) is 3. The van der Waals surface area contributed by atoms with Crippen LogP contribution in [-0.4, -0.2) is 17.4 Å². The molecular formula is C22H21F3N2OS. The normalized spacial score (nSPS) is 11.5. The van der Waals surface area contributed by atoms with Crippen molar-refractivity contribution in [2.75, 3.05) is 6.54 Å². The summed E-state index contributed by atoms with van der Waals surface area (Å²) in [7, 11) is 0. The van der Waals surface area contributed by atoms with Crippen molar-refractivity contribution in [1.82, 2.24) is 10.3 Å². The fraction of sp³-hybridized carbons (Fsp3) is 0.273. The number of halogens is 3. The van der Waals surface area contributed by atoms with Crippen molar-refractivity contribution in [3.63, 3.8) is 0 Å². The molecule has 0 bridgehead atoms. The summed E-state index contributed by atoms with van der Waals surface area (Å²) in [5.41, 5.74) is 3.03. The van der Waals surface area contributed by atoms with Crippen molar-refractivity contribution in [3.05, 3.63) is 75.1 Å². The van der Waals surface area contributed by atoms with Gasteiger partial charge in [-0.2, -0.15) is 13.2 Å². The molecule has 29 heavy (non-hydrogen) atoms. The minimum atomic E-state index is -4.34. The second-order valence-corrected chi connectivity index (χ2v) is 8.13. The summed E-state index contributed by atoms with van der Waals surface area (Å²) in [6, 6.07) is 13.0. The largest absolute Gasteiger partial charge is 0.416 e. The molecule has 7 heteroatoms. The molecule has 1 N–H and O–H groups in total. The predicted octanol–water partition coefficient (Wildman–Crippen LogP) is 5.35. The lowest BCUT2D eigenvalue weighted by atomic mass is 10.1. The van der Waals surface area contributed by atoms with Gasteiger partial charge < -0.3 is 5.32 Å². The molecule has 3 aromatic rings. The van der Waals surface area contributed by atoms with Gasteiger partial charge in [0.2, 0.25) is 5.91 Å². The summed E-state index contributed by atoms with van der Waals surface area (Å²) in [5.74, 6) is -0.131. The minimum Gasteiger partial charge on any atom is -0.355 e. The van der Waals surface area contributed by atoms with Crippen molar-refractivity contribution >= 4 is 17.2 Å². The van der Waals surface area contributed by atoms with E-state index in [1.165, 1.54) is 23.5 Å². The van der Waals surface area contributed by atoms with E-state index in [0.29, 0.717) is 13.0 Å². The monoisotopic (exact) mass is 418 g/mol. The third-order valence-electron chi connectivity index (χ3n) is 4.47. The second kappa shape index (κ2) is 8.78. The van der Waals surface area contributed by atoms with Crippen LogP contribution >= 0.6 is 11.3 Å². The lowest BCUT2D eigenvalue weighted by Crippen LogP contribution is -2.27. The molecule has 3 nitrogen and oxygen atoms in total. The molecule has 0 spiro atoms. The number of benzene rings is 2. The van der Waals surface area contributed by atoms with Gasteiger partial charge >= 0.3 is 6.18 Å². The number of amides is 1. The maximum atomic E-state index is 12.6. The van der Waals surface area contributed by atoms with Crippen molar-refractivity contribution in [2.24, 2.45) is 0 Å². The number of carbonyl (C=O) groups is 1. The number of rotatable bonds is 6. The Bertz CT molecular complexity index is 977. The fourth-order valence-corrected chi connectivity index (χ4v) is 3.90. The number of hydrogen-bond donors (Lipinski definition) is 1. The molecule has 0 radical (unpaired) electrons. The average molecular weight is 418 g/mol. The lowest BCUT2D eigenvalue weighted by Gasteiger charge is -2.08. The van der Waals surface area contributed by atoms with Gasteiger partial charge in [-0.3, -0.25) is 4.79 Å². The Kier molecular flexibility index (Phi) is 6.37. The number of alkyl halides is 3.